The summed E-state index contributed by atoms with van der Waals surface area (Å²) >= 11 is 1.61. The van der Waals surface area contributed by atoms with Crippen molar-refractivity contribution in [1.82, 2.24) is 0 Å². The Hall–Kier alpha value is -1.86. The molecule has 3 nitrogen and oxygen atoms in total. The summed E-state index contributed by atoms with van der Waals surface area (Å²) in [6.45, 7) is 1.93. The SMILES string of the molecule is Cc1occc1Sc1ccc(N)c(CC#N)c1. The quantitative estimate of drug-likeness (QED) is 0.840. The highest BCUT2D eigenvalue weighted by Gasteiger charge is 2.06. The van der Waals surface area contributed by atoms with Crippen LogP contribution in [0.3, 0.4) is 0 Å². The first kappa shape index (κ1) is 11.6. The maximum absolute atomic E-state index is 8.71. The molecule has 0 bridgehead atoms. The minimum Gasteiger partial charge on any atom is -0.468 e. The molecule has 2 N–H and O–H groups in total. The van der Waals surface area contributed by atoms with E-state index < -0.39 is 0 Å². The van der Waals surface area contributed by atoms with Crippen LogP contribution >= 0.6 is 11.8 Å². The number of hydrogen-bond acceptors (Lipinski definition) is 4. The summed E-state index contributed by atoms with van der Waals surface area (Å²) in [7, 11) is 0. The lowest BCUT2D eigenvalue weighted by Gasteiger charge is -2.05. The Morgan fingerprint density at radius 3 is 2.88 bits per heavy atom. The zero-order valence-electron chi connectivity index (χ0n) is 9.43. The van der Waals surface area contributed by atoms with Gasteiger partial charge in [0.2, 0.25) is 0 Å². The van der Waals surface area contributed by atoms with Crippen molar-refractivity contribution >= 4 is 17.4 Å². The molecule has 0 radical (unpaired) electrons. The highest BCUT2D eigenvalue weighted by molar-refractivity contribution is 7.99. The van der Waals surface area contributed by atoms with Gasteiger partial charge < -0.3 is 10.2 Å². The molecule has 2 rings (SSSR count). The molecule has 17 heavy (non-hydrogen) atoms. The summed E-state index contributed by atoms with van der Waals surface area (Å²) in [5.74, 6) is 0.897. The summed E-state index contributed by atoms with van der Waals surface area (Å²) in [6.07, 6.45) is 2.01. The van der Waals surface area contributed by atoms with Gasteiger partial charge in [0.05, 0.1) is 23.6 Å². The first-order chi connectivity index (χ1) is 8.20. The number of rotatable bonds is 3. The molecule has 0 spiro atoms. The van der Waals surface area contributed by atoms with Gasteiger partial charge in [0.25, 0.3) is 0 Å². The third-order valence-electron chi connectivity index (χ3n) is 2.42. The molecule has 0 saturated heterocycles. The molecular weight excluding hydrogens is 232 g/mol. The number of nitrogens with zero attached hydrogens (tertiary/aromatic N) is 1. The van der Waals surface area contributed by atoms with Crippen LogP contribution in [-0.4, -0.2) is 0 Å². The van der Waals surface area contributed by atoms with E-state index >= 15 is 0 Å². The van der Waals surface area contributed by atoms with Gasteiger partial charge in [-0.05, 0) is 36.8 Å². The number of benzene rings is 1. The summed E-state index contributed by atoms with van der Waals surface area (Å²) in [5.41, 5.74) is 7.34. The van der Waals surface area contributed by atoms with Crippen molar-refractivity contribution in [3.8, 4) is 6.07 Å². The van der Waals surface area contributed by atoms with Gasteiger partial charge in [-0.1, -0.05) is 11.8 Å². The molecule has 0 aliphatic carbocycles. The van der Waals surface area contributed by atoms with Crippen LogP contribution in [0.25, 0.3) is 0 Å². The molecular formula is C13H12N2OS. The Balaban J connectivity index is 2.26. The number of anilines is 1. The van der Waals surface area contributed by atoms with E-state index in [1.165, 1.54) is 0 Å². The molecule has 0 amide bonds. The van der Waals surface area contributed by atoms with Gasteiger partial charge in [-0.15, -0.1) is 0 Å². The zero-order chi connectivity index (χ0) is 12.3. The lowest BCUT2D eigenvalue weighted by Crippen LogP contribution is -1.93. The summed E-state index contributed by atoms with van der Waals surface area (Å²) < 4.78 is 5.24. The fourth-order valence-corrected chi connectivity index (χ4v) is 2.40. The number of aryl methyl sites for hydroxylation is 1. The van der Waals surface area contributed by atoms with Crippen LogP contribution in [0.1, 0.15) is 11.3 Å². The van der Waals surface area contributed by atoms with Gasteiger partial charge in [0, 0.05) is 10.6 Å². The maximum Gasteiger partial charge on any atom is 0.114 e. The topological polar surface area (TPSA) is 62.9 Å². The Kier molecular flexibility index (Phi) is 3.40. The Morgan fingerprint density at radius 2 is 2.24 bits per heavy atom. The summed E-state index contributed by atoms with van der Waals surface area (Å²) in [6, 6.07) is 9.79. The van der Waals surface area contributed by atoms with Gasteiger partial charge in [0.15, 0.2) is 0 Å². The van der Waals surface area contributed by atoms with E-state index in [9.17, 15) is 0 Å². The van der Waals surface area contributed by atoms with Crippen molar-refractivity contribution < 1.29 is 4.42 Å². The van der Waals surface area contributed by atoms with E-state index in [-0.39, 0.29) is 0 Å². The summed E-state index contributed by atoms with van der Waals surface area (Å²) in [5, 5.41) is 8.71. The highest BCUT2D eigenvalue weighted by Crippen LogP contribution is 2.32. The molecule has 1 aromatic heterocycles. The molecule has 0 aliphatic rings. The minimum absolute atomic E-state index is 0.338. The van der Waals surface area contributed by atoms with E-state index in [1.54, 1.807) is 18.0 Å². The predicted molar refractivity (Wildman–Crippen MR) is 67.7 cm³/mol. The first-order valence-corrected chi connectivity index (χ1v) is 5.99. The van der Waals surface area contributed by atoms with Gasteiger partial charge in [-0.25, -0.2) is 0 Å². The van der Waals surface area contributed by atoms with Crippen molar-refractivity contribution in [3.05, 3.63) is 41.9 Å². The van der Waals surface area contributed by atoms with Crippen LogP contribution in [0.4, 0.5) is 5.69 Å². The lowest BCUT2D eigenvalue weighted by atomic mass is 10.1. The highest BCUT2D eigenvalue weighted by atomic mass is 32.2. The van der Waals surface area contributed by atoms with Crippen molar-refractivity contribution in [2.24, 2.45) is 0 Å². The van der Waals surface area contributed by atoms with E-state index in [4.69, 9.17) is 15.4 Å². The number of nitrogen functional groups attached to an aromatic ring is 1. The predicted octanol–water partition coefficient (Wildman–Crippen LogP) is 3.39. The van der Waals surface area contributed by atoms with Crippen LogP contribution in [0.15, 0.2) is 44.7 Å². The molecule has 1 heterocycles. The van der Waals surface area contributed by atoms with E-state index in [0.29, 0.717) is 12.1 Å². The van der Waals surface area contributed by atoms with Gasteiger partial charge in [0.1, 0.15) is 5.76 Å². The fourth-order valence-electron chi connectivity index (χ4n) is 1.49. The van der Waals surface area contributed by atoms with Crippen molar-refractivity contribution in [2.45, 2.75) is 23.1 Å². The van der Waals surface area contributed by atoms with Crippen LogP contribution < -0.4 is 5.73 Å². The molecule has 0 fully saturated rings. The van der Waals surface area contributed by atoms with Crippen LogP contribution in [-0.2, 0) is 6.42 Å². The molecule has 0 saturated carbocycles. The van der Waals surface area contributed by atoms with Gasteiger partial charge in [-0.2, -0.15) is 5.26 Å². The van der Waals surface area contributed by atoms with E-state index in [1.807, 2.05) is 31.2 Å². The lowest BCUT2D eigenvalue weighted by molar-refractivity contribution is 0.527. The van der Waals surface area contributed by atoms with Crippen molar-refractivity contribution in [2.75, 3.05) is 5.73 Å². The first-order valence-electron chi connectivity index (χ1n) is 5.18. The maximum atomic E-state index is 8.71. The monoisotopic (exact) mass is 244 g/mol. The second-order valence-electron chi connectivity index (χ2n) is 3.64. The molecule has 0 aliphatic heterocycles. The smallest absolute Gasteiger partial charge is 0.114 e. The van der Waals surface area contributed by atoms with Crippen LogP contribution in [0, 0.1) is 18.3 Å². The third kappa shape index (κ3) is 2.63. The van der Waals surface area contributed by atoms with Crippen molar-refractivity contribution in [3.63, 3.8) is 0 Å². The largest absolute Gasteiger partial charge is 0.468 e. The van der Waals surface area contributed by atoms with E-state index in [0.717, 1.165) is 21.1 Å². The fraction of sp³-hybridized carbons (Fsp3) is 0.154. The molecule has 86 valence electrons. The Bertz CT molecular complexity index is 569. The minimum atomic E-state index is 0.338. The van der Waals surface area contributed by atoms with E-state index in [2.05, 4.69) is 6.07 Å². The molecule has 0 unspecified atom stereocenters. The average Bonchev–Trinajstić information content (AvgIpc) is 2.70. The second-order valence-corrected chi connectivity index (χ2v) is 4.75. The number of hydrogen-bond donors (Lipinski definition) is 1. The molecule has 1 aromatic carbocycles. The van der Waals surface area contributed by atoms with Gasteiger partial charge in [-0.3, -0.25) is 0 Å². The van der Waals surface area contributed by atoms with Crippen molar-refractivity contribution in [1.29, 1.82) is 5.26 Å². The third-order valence-corrected chi connectivity index (χ3v) is 3.56. The normalized spacial score (nSPS) is 10.1. The number of furan rings is 1. The average molecular weight is 244 g/mol. The summed E-state index contributed by atoms with van der Waals surface area (Å²) in [4.78, 5) is 2.15. The molecule has 0 atom stereocenters. The standard InChI is InChI=1S/C13H12N2OS/c1-9-13(5-7-16-9)17-11-2-3-12(15)10(8-11)4-6-14/h2-3,5,7-8H,4,15H2,1H3. The second kappa shape index (κ2) is 4.98. The zero-order valence-corrected chi connectivity index (χ0v) is 10.3. The number of nitriles is 1. The van der Waals surface area contributed by atoms with Gasteiger partial charge >= 0.3 is 0 Å². The molecule has 4 heteroatoms. The number of nitrogens with two attached hydrogens (primary N) is 1. The Morgan fingerprint density at radius 1 is 1.41 bits per heavy atom. The molecule has 2 aromatic rings. The Labute approximate surface area is 104 Å². The van der Waals surface area contributed by atoms with Crippen LogP contribution in [0.5, 0.6) is 0 Å². The van der Waals surface area contributed by atoms with Crippen LogP contribution in [0.2, 0.25) is 0 Å².